The standard InChI is InChI=1S/C22H22Cl2F3NO3/c1-3-14(21(30)31)10-13-4-9-17(24)18(11-13)28-20(29)19(12(2)22(25,26)27)15-5-7-16(23)8-6-15/h4-9,11-12,14,19H,3,10H2,1-2H3,(H,28,29)(H,30,31)/t12-,14?,19+/m1/s1. The summed E-state index contributed by atoms with van der Waals surface area (Å²) in [7, 11) is 0. The van der Waals surface area contributed by atoms with Gasteiger partial charge >= 0.3 is 12.1 Å². The van der Waals surface area contributed by atoms with Gasteiger partial charge in [-0.2, -0.15) is 13.2 Å². The van der Waals surface area contributed by atoms with Crippen LogP contribution in [0.1, 0.15) is 37.3 Å². The van der Waals surface area contributed by atoms with Gasteiger partial charge in [0.15, 0.2) is 0 Å². The molecule has 2 aromatic carbocycles. The molecule has 0 aliphatic heterocycles. The van der Waals surface area contributed by atoms with Crippen LogP contribution in [0.25, 0.3) is 0 Å². The van der Waals surface area contributed by atoms with E-state index >= 15 is 0 Å². The van der Waals surface area contributed by atoms with Crippen molar-refractivity contribution in [2.24, 2.45) is 11.8 Å². The lowest BCUT2D eigenvalue weighted by atomic mass is 9.85. The molecule has 9 heteroatoms. The number of benzene rings is 2. The lowest BCUT2D eigenvalue weighted by Gasteiger charge is -2.26. The fourth-order valence-corrected chi connectivity index (χ4v) is 3.51. The van der Waals surface area contributed by atoms with Crippen molar-refractivity contribution in [3.8, 4) is 0 Å². The van der Waals surface area contributed by atoms with E-state index in [0.29, 0.717) is 17.0 Å². The summed E-state index contributed by atoms with van der Waals surface area (Å²) in [6.45, 7) is 2.68. The van der Waals surface area contributed by atoms with Crippen molar-refractivity contribution < 1.29 is 27.9 Å². The van der Waals surface area contributed by atoms with Crippen LogP contribution in [0.3, 0.4) is 0 Å². The van der Waals surface area contributed by atoms with E-state index in [2.05, 4.69) is 5.32 Å². The molecule has 0 aliphatic carbocycles. The summed E-state index contributed by atoms with van der Waals surface area (Å²) >= 11 is 12.0. The highest BCUT2D eigenvalue weighted by Crippen LogP contribution is 2.39. The molecule has 4 nitrogen and oxygen atoms in total. The third-order valence-electron chi connectivity index (χ3n) is 5.14. The summed E-state index contributed by atoms with van der Waals surface area (Å²) in [5.41, 5.74) is 0.884. The quantitative estimate of drug-likeness (QED) is 0.453. The molecular weight excluding hydrogens is 454 g/mol. The maximum Gasteiger partial charge on any atom is 0.392 e. The Kier molecular flexibility index (Phi) is 8.37. The van der Waals surface area contributed by atoms with Crippen LogP contribution in [0.4, 0.5) is 18.9 Å². The van der Waals surface area contributed by atoms with E-state index in [0.717, 1.165) is 6.92 Å². The molecular formula is C22H22Cl2F3NO3. The van der Waals surface area contributed by atoms with Crippen LogP contribution in [0.2, 0.25) is 10.0 Å². The van der Waals surface area contributed by atoms with E-state index in [9.17, 15) is 27.9 Å². The molecule has 0 heterocycles. The Morgan fingerprint density at radius 2 is 1.71 bits per heavy atom. The first-order valence-electron chi connectivity index (χ1n) is 9.58. The van der Waals surface area contributed by atoms with Gasteiger partial charge in [0, 0.05) is 5.02 Å². The van der Waals surface area contributed by atoms with Crippen molar-refractivity contribution in [2.75, 3.05) is 5.32 Å². The number of carboxylic acids is 1. The SMILES string of the molecule is CCC(Cc1ccc(Cl)c(NC(=O)[C@H](c2ccc(Cl)cc2)[C@@H](C)C(F)(F)F)c1)C(=O)O. The van der Waals surface area contributed by atoms with Crippen molar-refractivity contribution in [3.63, 3.8) is 0 Å². The minimum absolute atomic E-state index is 0.123. The molecule has 2 aromatic rings. The van der Waals surface area contributed by atoms with Crippen LogP contribution in [0.15, 0.2) is 42.5 Å². The zero-order valence-electron chi connectivity index (χ0n) is 16.8. The number of amides is 1. The number of carboxylic acid groups (broad SMARTS) is 1. The number of carbonyl (C=O) groups is 2. The second kappa shape index (κ2) is 10.4. The second-order valence-electron chi connectivity index (χ2n) is 7.31. The topological polar surface area (TPSA) is 66.4 Å². The van der Waals surface area contributed by atoms with Crippen LogP contribution in [-0.2, 0) is 16.0 Å². The van der Waals surface area contributed by atoms with Crippen LogP contribution < -0.4 is 5.32 Å². The number of rotatable bonds is 8. The summed E-state index contributed by atoms with van der Waals surface area (Å²) in [5, 5.41) is 12.2. The van der Waals surface area contributed by atoms with Crippen LogP contribution in [0.5, 0.6) is 0 Å². The van der Waals surface area contributed by atoms with E-state index in [1.807, 2.05) is 0 Å². The van der Waals surface area contributed by atoms with Gasteiger partial charge < -0.3 is 10.4 Å². The first-order chi connectivity index (χ1) is 14.4. The number of alkyl halides is 3. The summed E-state index contributed by atoms with van der Waals surface area (Å²) in [5.74, 6) is -5.95. The molecule has 0 spiro atoms. The van der Waals surface area contributed by atoms with E-state index in [-0.39, 0.29) is 22.7 Å². The van der Waals surface area contributed by atoms with Crippen molar-refractivity contribution in [1.29, 1.82) is 0 Å². The molecule has 0 saturated heterocycles. The smallest absolute Gasteiger partial charge is 0.392 e. The highest BCUT2D eigenvalue weighted by Gasteiger charge is 2.45. The van der Waals surface area contributed by atoms with Crippen LogP contribution in [-0.4, -0.2) is 23.2 Å². The van der Waals surface area contributed by atoms with Gasteiger partial charge in [0.2, 0.25) is 5.91 Å². The summed E-state index contributed by atoms with van der Waals surface area (Å²) in [4.78, 5) is 24.2. The molecule has 0 bridgehead atoms. The number of nitrogens with one attached hydrogen (secondary N) is 1. The van der Waals surface area contributed by atoms with Gasteiger partial charge in [0.05, 0.1) is 28.5 Å². The number of carbonyl (C=O) groups excluding carboxylic acids is 1. The molecule has 0 fully saturated rings. The average Bonchev–Trinajstić information content (AvgIpc) is 2.69. The first-order valence-corrected chi connectivity index (χ1v) is 10.3. The van der Waals surface area contributed by atoms with Crippen molar-refractivity contribution in [3.05, 3.63) is 63.6 Å². The Hall–Kier alpha value is -2.25. The Labute approximate surface area is 188 Å². The molecule has 2 N–H and O–H groups in total. The van der Waals surface area contributed by atoms with Crippen molar-refractivity contribution in [2.45, 2.75) is 38.8 Å². The fourth-order valence-electron chi connectivity index (χ4n) is 3.22. The molecule has 0 radical (unpaired) electrons. The largest absolute Gasteiger partial charge is 0.481 e. The van der Waals surface area contributed by atoms with Gasteiger partial charge in [0.25, 0.3) is 0 Å². The molecule has 1 amide bonds. The molecule has 2 rings (SSSR count). The molecule has 31 heavy (non-hydrogen) atoms. The summed E-state index contributed by atoms with van der Waals surface area (Å²) in [6.07, 6.45) is -4.00. The van der Waals surface area contributed by atoms with Gasteiger partial charge in [-0.25, -0.2) is 0 Å². The van der Waals surface area contributed by atoms with E-state index in [1.54, 1.807) is 13.0 Å². The lowest BCUT2D eigenvalue weighted by Crippen LogP contribution is -2.34. The third kappa shape index (κ3) is 6.61. The Bertz CT molecular complexity index is 933. The maximum atomic E-state index is 13.5. The molecule has 1 unspecified atom stereocenters. The number of hydrogen-bond acceptors (Lipinski definition) is 2. The summed E-state index contributed by atoms with van der Waals surface area (Å²) in [6, 6.07) is 10.2. The fraction of sp³-hybridized carbons (Fsp3) is 0.364. The highest BCUT2D eigenvalue weighted by atomic mass is 35.5. The zero-order valence-corrected chi connectivity index (χ0v) is 18.4. The summed E-state index contributed by atoms with van der Waals surface area (Å²) < 4.78 is 40.4. The minimum Gasteiger partial charge on any atom is -0.481 e. The molecule has 3 atom stereocenters. The average molecular weight is 476 g/mol. The van der Waals surface area contributed by atoms with Gasteiger partial charge in [-0.3, -0.25) is 9.59 Å². The number of anilines is 1. The predicted octanol–water partition coefficient (Wildman–Crippen LogP) is 6.57. The first kappa shape index (κ1) is 25.0. The predicted molar refractivity (Wildman–Crippen MR) is 115 cm³/mol. The van der Waals surface area contributed by atoms with Crippen LogP contribution >= 0.6 is 23.2 Å². The number of hydrogen-bond donors (Lipinski definition) is 2. The van der Waals surface area contributed by atoms with Gasteiger partial charge in [-0.1, -0.05) is 55.2 Å². The van der Waals surface area contributed by atoms with E-state index in [4.69, 9.17) is 23.2 Å². The van der Waals surface area contributed by atoms with E-state index < -0.39 is 35.8 Å². The Morgan fingerprint density at radius 3 is 2.23 bits per heavy atom. The Morgan fingerprint density at radius 1 is 1.10 bits per heavy atom. The van der Waals surface area contributed by atoms with Gasteiger partial charge in [0.1, 0.15) is 0 Å². The second-order valence-corrected chi connectivity index (χ2v) is 8.15. The van der Waals surface area contributed by atoms with Crippen LogP contribution in [0, 0.1) is 11.8 Å². The Balaban J connectivity index is 2.35. The van der Waals surface area contributed by atoms with E-state index in [1.165, 1.54) is 36.4 Å². The number of halogens is 5. The normalized spacial score (nSPS) is 14.5. The maximum absolute atomic E-state index is 13.5. The monoisotopic (exact) mass is 475 g/mol. The highest BCUT2D eigenvalue weighted by molar-refractivity contribution is 6.33. The molecule has 0 aliphatic rings. The molecule has 0 aromatic heterocycles. The molecule has 168 valence electrons. The third-order valence-corrected chi connectivity index (χ3v) is 5.72. The van der Waals surface area contributed by atoms with Crippen molar-refractivity contribution >= 4 is 40.8 Å². The van der Waals surface area contributed by atoms with Crippen molar-refractivity contribution in [1.82, 2.24) is 0 Å². The lowest BCUT2D eigenvalue weighted by molar-refractivity contribution is -0.178. The number of aliphatic carboxylic acids is 1. The zero-order chi connectivity index (χ0) is 23.3. The van der Waals surface area contributed by atoms with Gasteiger partial charge in [-0.15, -0.1) is 0 Å². The van der Waals surface area contributed by atoms with Gasteiger partial charge in [-0.05, 0) is 48.2 Å². The minimum atomic E-state index is -4.61. The molecule has 0 saturated carbocycles.